The lowest BCUT2D eigenvalue weighted by Gasteiger charge is -2.21. The highest BCUT2D eigenvalue weighted by atomic mass is 16.2. The zero-order valence-corrected chi connectivity index (χ0v) is 12.7. The van der Waals surface area contributed by atoms with Gasteiger partial charge in [0.15, 0.2) is 0 Å². The predicted molar refractivity (Wildman–Crippen MR) is 83.1 cm³/mol. The third-order valence-corrected chi connectivity index (χ3v) is 4.21. The minimum Gasteiger partial charge on any atom is -0.303 e. The van der Waals surface area contributed by atoms with Crippen molar-refractivity contribution in [1.29, 1.82) is 0 Å². The maximum absolute atomic E-state index is 12.8. The van der Waals surface area contributed by atoms with E-state index in [-0.39, 0.29) is 24.4 Å². The number of para-hydroxylation sites is 1. The first-order valence-electron chi connectivity index (χ1n) is 7.58. The lowest BCUT2D eigenvalue weighted by molar-refractivity contribution is -0.135. The van der Waals surface area contributed by atoms with Crippen molar-refractivity contribution in [2.45, 2.75) is 38.8 Å². The second-order valence-electron chi connectivity index (χ2n) is 5.52. The minimum atomic E-state index is -0.706. The van der Waals surface area contributed by atoms with E-state index in [0.717, 1.165) is 11.8 Å². The number of piperidine rings is 1. The summed E-state index contributed by atoms with van der Waals surface area (Å²) in [4.78, 5) is 47.2. The number of amides is 2. The Morgan fingerprint density at radius 2 is 2.09 bits per heavy atom. The second kappa shape index (κ2) is 5.83. The van der Waals surface area contributed by atoms with Crippen LogP contribution in [0.1, 0.15) is 31.4 Å². The van der Waals surface area contributed by atoms with E-state index in [0.29, 0.717) is 24.0 Å². The summed E-state index contributed by atoms with van der Waals surface area (Å²) in [5.74, 6) is -0.778. The average molecular weight is 315 g/mol. The summed E-state index contributed by atoms with van der Waals surface area (Å²) in [5, 5.41) is 2.28. The largest absolute Gasteiger partial charge is 0.329 e. The molecule has 1 aromatic carbocycles. The summed E-state index contributed by atoms with van der Waals surface area (Å²) in [6.45, 7) is 2.28. The Balaban J connectivity index is 2.26. The van der Waals surface area contributed by atoms with Gasteiger partial charge in [-0.3, -0.25) is 24.0 Å². The predicted octanol–water partition coefficient (Wildman–Crippen LogP) is 0.542. The van der Waals surface area contributed by atoms with Crippen molar-refractivity contribution < 1.29 is 14.4 Å². The molecule has 0 saturated carbocycles. The van der Waals surface area contributed by atoms with Gasteiger partial charge in [-0.15, -0.1) is 0 Å². The fraction of sp³-hybridized carbons (Fsp3) is 0.375. The number of nitrogens with one attached hydrogen (secondary N) is 1. The Hall–Kier alpha value is -2.70. The molecule has 1 unspecified atom stereocenters. The number of carbonyl (C=O) groups excluding carboxylic acids is 3. The zero-order chi connectivity index (χ0) is 16.6. The first-order valence-corrected chi connectivity index (χ1v) is 7.58. The number of hydrogen-bond donors (Lipinski definition) is 1. The van der Waals surface area contributed by atoms with E-state index in [1.54, 1.807) is 22.8 Å². The van der Waals surface area contributed by atoms with Crippen LogP contribution in [-0.2, 0) is 27.3 Å². The summed E-state index contributed by atoms with van der Waals surface area (Å²) in [5.41, 5.74) is 1.75. The summed E-state index contributed by atoms with van der Waals surface area (Å²) in [6, 6.07) is 4.63. The molecule has 3 rings (SSSR count). The molecule has 1 saturated heterocycles. The van der Waals surface area contributed by atoms with Crippen molar-refractivity contribution in [3.63, 3.8) is 0 Å². The molecular weight excluding hydrogens is 298 g/mol. The molecule has 1 fully saturated rings. The number of imide groups is 1. The quantitative estimate of drug-likeness (QED) is 0.659. The molecular formula is C16H17N3O4. The van der Waals surface area contributed by atoms with Gasteiger partial charge in [-0.2, -0.15) is 0 Å². The Kier molecular flexibility index (Phi) is 3.85. The SMILES string of the molecule is CCn1c(=O)n(C2CCC(=O)NC2=O)c2cccc(CC=O)c21. The number of carbonyl (C=O) groups is 3. The van der Waals surface area contributed by atoms with Gasteiger partial charge < -0.3 is 4.79 Å². The van der Waals surface area contributed by atoms with Gasteiger partial charge in [0.25, 0.3) is 0 Å². The zero-order valence-electron chi connectivity index (χ0n) is 12.7. The lowest BCUT2D eigenvalue weighted by atomic mass is 10.1. The van der Waals surface area contributed by atoms with Crippen LogP contribution in [-0.4, -0.2) is 27.2 Å². The number of aromatic nitrogens is 2. The molecule has 1 N–H and O–H groups in total. The van der Waals surface area contributed by atoms with Crippen LogP contribution in [0.5, 0.6) is 0 Å². The molecule has 0 aliphatic carbocycles. The monoisotopic (exact) mass is 315 g/mol. The van der Waals surface area contributed by atoms with Crippen molar-refractivity contribution >= 4 is 29.1 Å². The number of fused-ring (bicyclic) bond motifs is 1. The smallest absolute Gasteiger partial charge is 0.303 e. The van der Waals surface area contributed by atoms with Gasteiger partial charge >= 0.3 is 5.69 Å². The topological polar surface area (TPSA) is 90.2 Å². The van der Waals surface area contributed by atoms with Crippen molar-refractivity contribution in [1.82, 2.24) is 14.5 Å². The fourth-order valence-electron chi connectivity index (χ4n) is 3.19. The molecule has 2 heterocycles. The van der Waals surface area contributed by atoms with Gasteiger partial charge in [0.1, 0.15) is 12.3 Å². The first-order chi connectivity index (χ1) is 11.1. The van der Waals surface area contributed by atoms with Crippen LogP contribution in [0.15, 0.2) is 23.0 Å². The average Bonchev–Trinajstić information content (AvgIpc) is 2.80. The van der Waals surface area contributed by atoms with Crippen LogP contribution in [0.3, 0.4) is 0 Å². The van der Waals surface area contributed by atoms with Gasteiger partial charge in [0, 0.05) is 19.4 Å². The number of benzene rings is 1. The standard InChI is InChI=1S/C16H17N3O4/c1-2-18-14-10(8-9-20)4-3-5-11(14)19(16(18)23)12-6-7-13(21)17-15(12)22/h3-5,9,12H,2,6-8H2,1H3,(H,17,21,22). The minimum absolute atomic E-state index is 0.204. The van der Waals surface area contributed by atoms with Crippen LogP contribution in [0, 0.1) is 0 Å². The second-order valence-corrected chi connectivity index (χ2v) is 5.52. The van der Waals surface area contributed by atoms with E-state index in [2.05, 4.69) is 5.32 Å². The Bertz CT molecular complexity index is 862. The maximum atomic E-state index is 12.8. The summed E-state index contributed by atoms with van der Waals surface area (Å²) >= 11 is 0. The molecule has 1 atom stereocenters. The van der Waals surface area contributed by atoms with Gasteiger partial charge in [-0.1, -0.05) is 12.1 Å². The van der Waals surface area contributed by atoms with E-state index < -0.39 is 11.9 Å². The van der Waals surface area contributed by atoms with E-state index in [4.69, 9.17) is 0 Å². The third-order valence-electron chi connectivity index (χ3n) is 4.21. The number of aryl methyl sites for hydroxylation is 1. The van der Waals surface area contributed by atoms with Gasteiger partial charge in [-0.05, 0) is 25.0 Å². The van der Waals surface area contributed by atoms with Crippen molar-refractivity contribution in [3.8, 4) is 0 Å². The highest BCUT2D eigenvalue weighted by Gasteiger charge is 2.31. The molecule has 0 radical (unpaired) electrons. The van der Waals surface area contributed by atoms with Crippen LogP contribution >= 0.6 is 0 Å². The molecule has 1 aliphatic heterocycles. The normalized spacial score (nSPS) is 18.2. The first kappa shape index (κ1) is 15.2. The third kappa shape index (κ3) is 2.38. The Labute approximate surface area is 131 Å². The van der Waals surface area contributed by atoms with Gasteiger partial charge in [0.05, 0.1) is 11.0 Å². The highest BCUT2D eigenvalue weighted by molar-refractivity contribution is 6.00. The van der Waals surface area contributed by atoms with Gasteiger partial charge in [0.2, 0.25) is 11.8 Å². The van der Waals surface area contributed by atoms with E-state index in [1.165, 1.54) is 4.57 Å². The van der Waals surface area contributed by atoms with Crippen LogP contribution in [0.25, 0.3) is 11.0 Å². The molecule has 1 aromatic heterocycles. The summed E-state index contributed by atoms with van der Waals surface area (Å²) in [7, 11) is 0. The van der Waals surface area contributed by atoms with E-state index in [9.17, 15) is 19.2 Å². The molecule has 0 bridgehead atoms. The number of imidazole rings is 1. The highest BCUT2D eigenvalue weighted by Crippen LogP contribution is 2.25. The number of nitrogens with zero attached hydrogens (tertiary/aromatic N) is 2. The molecule has 2 amide bonds. The molecule has 1 aliphatic rings. The van der Waals surface area contributed by atoms with Crippen LogP contribution < -0.4 is 11.0 Å². The molecule has 7 nitrogen and oxygen atoms in total. The van der Waals surface area contributed by atoms with Crippen LogP contribution in [0.4, 0.5) is 0 Å². The van der Waals surface area contributed by atoms with Crippen molar-refractivity contribution in [3.05, 3.63) is 34.2 Å². The molecule has 2 aromatic rings. The Morgan fingerprint density at radius 3 is 2.74 bits per heavy atom. The number of rotatable bonds is 4. The van der Waals surface area contributed by atoms with Gasteiger partial charge in [-0.25, -0.2) is 4.79 Å². The maximum Gasteiger partial charge on any atom is 0.329 e. The molecule has 120 valence electrons. The molecule has 0 spiro atoms. The van der Waals surface area contributed by atoms with Crippen molar-refractivity contribution in [2.75, 3.05) is 0 Å². The number of aldehydes is 1. The molecule has 23 heavy (non-hydrogen) atoms. The lowest BCUT2D eigenvalue weighted by Crippen LogP contribution is -2.44. The molecule has 7 heteroatoms. The van der Waals surface area contributed by atoms with Crippen LogP contribution in [0.2, 0.25) is 0 Å². The Morgan fingerprint density at radius 1 is 1.30 bits per heavy atom. The van der Waals surface area contributed by atoms with E-state index >= 15 is 0 Å². The number of hydrogen-bond acceptors (Lipinski definition) is 4. The summed E-state index contributed by atoms with van der Waals surface area (Å²) in [6.07, 6.45) is 1.50. The van der Waals surface area contributed by atoms with Crippen molar-refractivity contribution in [2.24, 2.45) is 0 Å². The fourth-order valence-corrected chi connectivity index (χ4v) is 3.19. The van der Waals surface area contributed by atoms with E-state index in [1.807, 2.05) is 6.92 Å². The summed E-state index contributed by atoms with van der Waals surface area (Å²) < 4.78 is 3.01.